The lowest BCUT2D eigenvalue weighted by Crippen LogP contribution is -2.40. The van der Waals surface area contributed by atoms with Crippen LogP contribution in [0.1, 0.15) is 28.8 Å². The minimum absolute atomic E-state index is 0.0596. The number of primary amides is 1. The van der Waals surface area contributed by atoms with Crippen LogP contribution in [0.4, 0.5) is 0 Å². The van der Waals surface area contributed by atoms with Crippen LogP contribution in [0.5, 0.6) is 11.5 Å². The van der Waals surface area contributed by atoms with E-state index in [2.05, 4.69) is 5.32 Å². The van der Waals surface area contributed by atoms with Crippen LogP contribution in [0, 0.1) is 0 Å². The Morgan fingerprint density at radius 1 is 1.42 bits per heavy atom. The minimum atomic E-state index is -0.491. The number of nitrogens with two attached hydrogens (primary N) is 1. The van der Waals surface area contributed by atoms with Crippen molar-refractivity contribution in [2.75, 3.05) is 26.8 Å². The zero-order valence-corrected chi connectivity index (χ0v) is 11.0. The van der Waals surface area contributed by atoms with Gasteiger partial charge in [-0.15, -0.1) is 0 Å². The number of rotatable bonds is 2. The molecule has 0 bridgehead atoms. The molecular formula is C14H18N2O3. The van der Waals surface area contributed by atoms with Gasteiger partial charge in [0.05, 0.1) is 19.3 Å². The van der Waals surface area contributed by atoms with E-state index in [1.165, 1.54) is 0 Å². The van der Waals surface area contributed by atoms with Crippen molar-refractivity contribution in [2.45, 2.75) is 18.3 Å². The maximum absolute atomic E-state index is 11.4. The summed E-state index contributed by atoms with van der Waals surface area (Å²) in [5.41, 5.74) is 6.96. The number of methoxy groups -OCH3 is 1. The highest BCUT2D eigenvalue weighted by Gasteiger charge is 2.43. The Kier molecular flexibility index (Phi) is 2.86. The maximum atomic E-state index is 11.4. The van der Waals surface area contributed by atoms with Gasteiger partial charge in [-0.2, -0.15) is 0 Å². The van der Waals surface area contributed by atoms with Gasteiger partial charge in [-0.1, -0.05) is 6.07 Å². The Labute approximate surface area is 112 Å². The first-order valence-electron chi connectivity index (χ1n) is 6.53. The molecule has 19 heavy (non-hydrogen) atoms. The second-order valence-corrected chi connectivity index (χ2v) is 5.21. The van der Waals surface area contributed by atoms with Crippen molar-refractivity contribution < 1.29 is 14.3 Å². The van der Waals surface area contributed by atoms with E-state index in [0.717, 1.165) is 31.5 Å². The number of amides is 1. The third-order valence-electron chi connectivity index (χ3n) is 4.21. The molecule has 0 aliphatic carbocycles. The number of fused-ring (bicyclic) bond motifs is 2. The van der Waals surface area contributed by atoms with Gasteiger partial charge >= 0.3 is 0 Å². The first-order valence-corrected chi connectivity index (χ1v) is 6.53. The second-order valence-electron chi connectivity index (χ2n) is 5.21. The molecule has 5 heteroatoms. The summed E-state index contributed by atoms with van der Waals surface area (Å²) in [6.45, 7) is 2.63. The van der Waals surface area contributed by atoms with Crippen LogP contribution in [-0.4, -0.2) is 32.7 Å². The maximum Gasteiger partial charge on any atom is 0.252 e. The third-order valence-corrected chi connectivity index (χ3v) is 4.21. The highest BCUT2D eigenvalue weighted by Crippen LogP contribution is 2.49. The number of carbonyl (C=O) groups excluding carboxylic acids is 1. The van der Waals surface area contributed by atoms with Crippen LogP contribution in [0.3, 0.4) is 0 Å². The lowest BCUT2D eigenvalue weighted by Gasteiger charge is -2.32. The van der Waals surface area contributed by atoms with E-state index in [4.69, 9.17) is 15.2 Å². The Morgan fingerprint density at radius 3 is 2.79 bits per heavy atom. The standard InChI is InChI=1S/C14H18N2O3/c1-18-11-9(13(15)17)2-3-10-12(11)19-8-14(10)4-6-16-7-5-14/h2-3,16H,4-8H2,1H3,(H2,15,17). The van der Waals surface area contributed by atoms with Gasteiger partial charge in [-0.25, -0.2) is 0 Å². The molecule has 1 fully saturated rings. The fourth-order valence-corrected chi connectivity index (χ4v) is 3.13. The summed E-state index contributed by atoms with van der Waals surface area (Å²) in [7, 11) is 1.54. The summed E-state index contributed by atoms with van der Waals surface area (Å²) < 4.78 is 11.2. The van der Waals surface area contributed by atoms with Crippen LogP contribution in [0.25, 0.3) is 0 Å². The molecule has 1 saturated heterocycles. The topological polar surface area (TPSA) is 73.6 Å². The number of hydrogen-bond acceptors (Lipinski definition) is 4. The van der Waals surface area contributed by atoms with Gasteiger partial charge in [0.15, 0.2) is 11.5 Å². The van der Waals surface area contributed by atoms with Gasteiger partial charge in [0.25, 0.3) is 5.91 Å². The molecule has 1 spiro atoms. The van der Waals surface area contributed by atoms with E-state index >= 15 is 0 Å². The molecule has 1 aromatic carbocycles. The number of benzene rings is 1. The predicted molar refractivity (Wildman–Crippen MR) is 70.8 cm³/mol. The van der Waals surface area contributed by atoms with Crippen molar-refractivity contribution in [3.8, 4) is 11.5 Å². The number of nitrogens with one attached hydrogen (secondary N) is 1. The van der Waals surface area contributed by atoms with Gasteiger partial charge < -0.3 is 20.5 Å². The van der Waals surface area contributed by atoms with Crippen molar-refractivity contribution in [1.82, 2.24) is 5.32 Å². The molecule has 3 N–H and O–H groups in total. The first kappa shape index (κ1) is 12.3. The van der Waals surface area contributed by atoms with Crippen molar-refractivity contribution >= 4 is 5.91 Å². The summed E-state index contributed by atoms with van der Waals surface area (Å²) in [6, 6.07) is 3.72. The van der Waals surface area contributed by atoms with Crippen LogP contribution in [-0.2, 0) is 5.41 Å². The van der Waals surface area contributed by atoms with Crippen molar-refractivity contribution in [2.24, 2.45) is 5.73 Å². The highest BCUT2D eigenvalue weighted by molar-refractivity contribution is 5.97. The second kappa shape index (κ2) is 4.42. The summed E-state index contributed by atoms with van der Waals surface area (Å²) in [4.78, 5) is 11.4. The highest BCUT2D eigenvalue weighted by atomic mass is 16.5. The molecular weight excluding hydrogens is 244 g/mol. The molecule has 102 valence electrons. The lowest BCUT2D eigenvalue weighted by atomic mass is 9.74. The SMILES string of the molecule is COc1c(C(N)=O)ccc2c1OCC21CCNCC1. The normalized spacial score (nSPS) is 19.8. The number of piperidine rings is 1. The Morgan fingerprint density at radius 2 is 2.16 bits per heavy atom. The number of ether oxygens (including phenoxy) is 2. The molecule has 2 aliphatic heterocycles. The van der Waals surface area contributed by atoms with Crippen LogP contribution in [0.15, 0.2) is 12.1 Å². The number of hydrogen-bond donors (Lipinski definition) is 2. The van der Waals surface area contributed by atoms with Gasteiger partial charge in [-0.05, 0) is 32.0 Å². The molecule has 1 aromatic rings. The average molecular weight is 262 g/mol. The van der Waals surface area contributed by atoms with E-state index in [0.29, 0.717) is 23.7 Å². The summed E-state index contributed by atoms with van der Waals surface area (Å²) in [6.07, 6.45) is 2.08. The van der Waals surface area contributed by atoms with Crippen molar-refractivity contribution in [3.63, 3.8) is 0 Å². The average Bonchev–Trinajstić information content (AvgIpc) is 2.77. The van der Waals surface area contributed by atoms with Crippen LogP contribution in [0.2, 0.25) is 0 Å². The lowest BCUT2D eigenvalue weighted by molar-refractivity contribution is 0.0996. The molecule has 2 heterocycles. The van der Waals surface area contributed by atoms with Crippen LogP contribution >= 0.6 is 0 Å². The van der Waals surface area contributed by atoms with Gasteiger partial charge in [0.2, 0.25) is 0 Å². The Hall–Kier alpha value is -1.75. The van der Waals surface area contributed by atoms with E-state index < -0.39 is 5.91 Å². The fourth-order valence-electron chi connectivity index (χ4n) is 3.13. The van der Waals surface area contributed by atoms with E-state index in [9.17, 15) is 4.79 Å². The summed E-state index contributed by atoms with van der Waals surface area (Å²) >= 11 is 0. The predicted octanol–water partition coefficient (Wildman–Crippen LogP) is 0.808. The molecule has 0 unspecified atom stereocenters. The molecule has 3 rings (SSSR count). The summed E-state index contributed by atoms with van der Waals surface area (Å²) in [5, 5.41) is 3.36. The molecule has 0 aromatic heterocycles. The number of carbonyl (C=O) groups is 1. The fraction of sp³-hybridized carbons (Fsp3) is 0.500. The molecule has 0 atom stereocenters. The largest absolute Gasteiger partial charge is 0.492 e. The van der Waals surface area contributed by atoms with E-state index in [1.54, 1.807) is 13.2 Å². The molecule has 2 aliphatic rings. The molecule has 5 nitrogen and oxygen atoms in total. The zero-order chi connectivity index (χ0) is 13.5. The monoisotopic (exact) mass is 262 g/mol. The Bertz CT molecular complexity index is 522. The van der Waals surface area contributed by atoms with Crippen molar-refractivity contribution in [3.05, 3.63) is 23.3 Å². The van der Waals surface area contributed by atoms with Gasteiger partial charge in [0.1, 0.15) is 0 Å². The van der Waals surface area contributed by atoms with Crippen LogP contribution < -0.4 is 20.5 Å². The van der Waals surface area contributed by atoms with Gasteiger partial charge in [-0.3, -0.25) is 4.79 Å². The van der Waals surface area contributed by atoms with E-state index in [-0.39, 0.29) is 5.41 Å². The smallest absolute Gasteiger partial charge is 0.252 e. The zero-order valence-electron chi connectivity index (χ0n) is 11.0. The molecule has 0 saturated carbocycles. The Balaban J connectivity index is 2.10. The first-order chi connectivity index (χ1) is 9.18. The quantitative estimate of drug-likeness (QED) is 0.827. The van der Waals surface area contributed by atoms with Gasteiger partial charge in [0, 0.05) is 11.0 Å². The third kappa shape index (κ3) is 1.76. The molecule has 1 amide bonds. The minimum Gasteiger partial charge on any atom is -0.492 e. The summed E-state index contributed by atoms with van der Waals surface area (Å²) in [5.74, 6) is 0.676. The van der Waals surface area contributed by atoms with E-state index in [1.807, 2.05) is 6.07 Å². The van der Waals surface area contributed by atoms with Crippen molar-refractivity contribution in [1.29, 1.82) is 0 Å². The molecule has 0 radical (unpaired) electrons.